The monoisotopic (exact) mass is 254 g/mol. The molecule has 0 spiro atoms. The maximum absolute atomic E-state index is 13.7. The molecule has 1 saturated carbocycles. The lowest BCUT2D eigenvalue weighted by atomic mass is 9.94. The van der Waals surface area contributed by atoms with Crippen molar-refractivity contribution in [3.63, 3.8) is 0 Å². The van der Waals surface area contributed by atoms with Gasteiger partial charge in [0.05, 0.1) is 6.04 Å². The first-order valence-electron chi connectivity index (χ1n) is 6.62. The fraction of sp³-hybridized carbons (Fsp3) is 0.571. The van der Waals surface area contributed by atoms with E-state index in [1.165, 1.54) is 43.9 Å². The summed E-state index contributed by atoms with van der Waals surface area (Å²) in [5.74, 6) is 5.09. The summed E-state index contributed by atoms with van der Waals surface area (Å²) in [6, 6.07) is 3.49. The smallest absolute Gasteiger partial charge is 0.130 e. The van der Waals surface area contributed by atoms with Crippen LogP contribution < -0.4 is 11.3 Å². The molecule has 1 aromatic carbocycles. The first-order valence-corrected chi connectivity index (χ1v) is 6.62. The SMILES string of the molecule is NNC(CCC1CCCC1)c1c(F)cccc1F. The Morgan fingerprint density at radius 1 is 1.22 bits per heavy atom. The Bertz CT molecular complexity index is 369. The van der Waals surface area contributed by atoms with Crippen molar-refractivity contribution >= 4 is 0 Å². The number of halogens is 2. The third-order valence-electron chi connectivity index (χ3n) is 3.89. The lowest BCUT2D eigenvalue weighted by molar-refractivity contribution is 0.395. The Morgan fingerprint density at radius 3 is 2.39 bits per heavy atom. The second kappa shape index (κ2) is 6.25. The van der Waals surface area contributed by atoms with Gasteiger partial charge in [-0.15, -0.1) is 0 Å². The minimum Gasteiger partial charge on any atom is -0.271 e. The number of hydrogen-bond acceptors (Lipinski definition) is 2. The van der Waals surface area contributed by atoms with E-state index in [0.29, 0.717) is 12.3 Å². The average Bonchev–Trinajstić information content (AvgIpc) is 2.86. The van der Waals surface area contributed by atoms with E-state index in [-0.39, 0.29) is 5.56 Å². The molecule has 1 atom stereocenters. The van der Waals surface area contributed by atoms with Crippen LogP contribution in [0.1, 0.15) is 50.1 Å². The fourth-order valence-corrected chi connectivity index (χ4v) is 2.86. The summed E-state index contributed by atoms with van der Waals surface area (Å²) in [5, 5.41) is 0. The van der Waals surface area contributed by atoms with Crippen LogP contribution in [0.4, 0.5) is 8.78 Å². The number of nitrogens with one attached hydrogen (secondary N) is 1. The molecule has 0 heterocycles. The molecule has 1 aromatic rings. The zero-order valence-electron chi connectivity index (χ0n) is 10.5. The van der Waals surface area contributed by atoms with Crippen molar-refractivity contribution in [2.24, 2.45) is 11.8 Å². The topological polar surface area (TPSA) is 38.0 Å². The number of benzene rings is 1. The predicted octanol–water partition coefficient (Wildman–Crippen LogP) is 3.44. The quantitative estimate of drug-likeness (QED) is 0.624. The van der Waals surface area contributed by atoms with Crippen molar-refractivity contribution in [3.8, 4) is 0 Å². The Labute approximate surface area is 107 Å². The molecule has 2 rings (SSSR count). The summed E-state index contributed by atoms with van der Waals surface area (Å²) in [4.78, 5) is 0. The predicted molar refractivity (Wildman–Crippen MR) is 67.6 cm³/mol. The largest absolute Gasteiger partial charge is 0.271 e. The molecule has 1 fully saturated rings. The Hall–Kier alpha value is -1.00. The molecule has 1 unspecified atom stereocenters. The number of nitrogens with two attached hydrogens (primary N) is 1. The number of hydrazine groups is 1. The summed E-state index contributed by atoms with van der Waals surface area (Å²) >= 11 is 0. The van der Waals surface area contributed by atoms with Crippen molar-refractivity contribution in [1.82, 2.24) is 5.43 Å². The average molecular weight is 254 g/mol. The van der Waals surface area contributed by atoms with Gasteiger partial charge in [-0.3, -0.25) is 11.3 Å². The van der Waals surface area contributed by atoms with E-state index in [1.807, 2.05) is 0 Å². The normalized spacial score (nSPS) is 18.2. The molecule has 1 aliphatic carbocycles. The van der Waals surface area contributed by atoms with Crippen molar-refractivity contribution in [1.29, 1.82) is 0 Å². The van der Waals surface area contributed by atoms with Crippen LogP contribution in [0.15, 0.2) is 18.2 Å². The number of rotatable bonds is 5. The standard InChI is InChI=1S/C14H20F2N2/c15-11-6-3-7-12(16)14(11)13(18-17)9-8-10-4-1-2-5-10/h3,6-7,10,13,18H,1-2,4-5,8-9,17H2. The van der Waals surface area contributed by atoms with Gasteiger partial charge in [-0.1, -0.05) is 31.7 Å². The highest BCUT2D eigenvalue weighted by molar-refractivity contribution is 5.23. The van der Waals surface area contributed by atoms with E-state index in [0.717, 1.165) is 6.42 Å². The molecule has 0 bridgehead atoms. The zero-order chi connectivity index (χ0) is 13.0. The van der Waals surface area contributed by atoms with Gasteiger partial charge in [0.2, 0.25) is 0 Å². The minimum absolute atomic E-state index is 0.0676. The van der Waals surface area contributed by atoms with E-state index in [1.54, 1.807) is 0 Å². The van der Waals surface area contributed by atoms with Crippen molar-refractivity contribution in [2.75, 3.05) is 0 Å². The minimum atomic E-state index is -0.524. The van der Waals surface area contributed by atoms with Gasteiger partial charge in [-0.25, -0.2) is 8.78 Å². The van der Waals surface area contributed by atoms with E-state index < -0.39 is 17.7 Å². The van der Waals surface area contributed by atoms with Crippen LogP contribution in [0.5, 0.6) is 0 Å². The molecule has 2 nitrogen and oxygen atoms in total. The highest BCUT2D eigenvalue weighted by Crippen LogP contribution is 2.32. The molecular formula is C14H20F2N2. The van der Waals surface area contributed by atoms with Gasteiger partial charge in [0.1, 0.15) is 11.6 Å². The van der Waals surface area contributed by atoms with Crippen LogP contribution in [-0.2, 0) is 0 Å². The molecule has 0 amide bonds. The summed E-state index contributed by atoms with van der Waals surface area (Å²) in [5.41, 5.74) is 2.61. The molecule has 4 heteroatoms. The molecule has 0 aromatic heterocycles. The van der Waals surface area contributed by atoms with E-state index in [2.05, 4.69) is 5.43 Å². The summed E-state index contributed by atoms with van der Waals surface area (Å²) < 4.78 is 27.3. The highest BCUT2D eigenvalue weighted by Gasteiger charge is 2.21. The number of hydrogen-bond donors (Lipinski definition) is 2. The van der Waals surface area contributed by atoms with Crippen LogP contribution >= 0.6 is 0 Å². The summed E-state index contributed by atoms with van der Waals surface area (Å²) in [6.07, 6.45) is 6.68. The second-order valence-electron chi connectivity index (χ2n) is 5.08. The summed E-state index contributed by atoms with van der Waals surface area (Å²) in [6.45, 7) is 0. The van der Waals surface area contributed by atoms with Gasteiger partial charge in [-0.2, -0.15) is 0 Å². The molecule has 0 aliphatic heterocycles. The van der Waals surface area contributed by atoms with Crippen LogP contribution in [0.3, 0.4) is 0 Å². The second-order valence-corrected chi connectivity index (χ2v) is 5.08. The molecule has 3 N–H and O–H groups in total. The third kappa shape index (κ3) is 3.06. The fourth-order valence-electron chi connectivity index (χ4n) is 2.86. The van der Waals surface area contributed by atoms with Crippen LogP contribution in [0, 0.1) is 17.6 Å². The summed E-state index contributed by atoms with van der Waals surface area (Å²) in [7, 11) is 0. The third-order valence-corrected chi connectivity index (χ3v) is 3.89. The Balaban J connectivity index is 2.03. The first kappa shape index (κ1) is 13.4. The van der Waals surface area contributed by atoms with Gasteiger partial charge in [0, 0.05) is 5.56 Å². The van der Waals surface area contributed by atoms with E-state index >= 15 is 0 Å². The van der Waals surface area contributed by atoms with E-state index in [9.17, 15) is 8.78 Å². The van der Waals surface area contributed by atoms with Gasteiger partial charge >= 0.3 is 0 Å². The van der Waals surface area contributed by atoms with Crippen molar-refractivity contribution in [3.05, 3.63) is 35.4 Å². The van der Waals surface area contributed by atoms with Gasteiger partial charge in [0.25, 0.3) is 0 Å². The molecule has 0 saturated heterocycles. The van der Waals surface area contributed by atoms with Gasteiger partial charge in [-0.05, 0) is 30.9 Å². The van der Waals surface area contributed by atoms with Crippen LogP contribution in [0.2, 0.25) is 0 Å². The van der Waals surface area contributed by atoms with E-state index in [4.69, 9.17) is 5.84 Å². The van der Waals surface area contributed by atoms with Gasteiger partial charge < -0.3 is 0 Å². The lowest BCUT2D eigenvalue weighted by Crippen LogP contribution is -2.29. The zero-order valence-corrected chi connectivity index (χ0v) is 10.5. The maximum Gasteiger partial charge on any atom is 0.130 e. The van der Waals surface area contributed by atoms with Crippen molar-refractivity contribution < 1.29 is 8.78 Å². The first-order chi connectivity index (χ1) is 8.72. The van der Waals surface area contributed by atoms with Crippen LogP contribution in [-0.4, -0.2) is 0 Å². The van der Waals surface area contributed by atoms with Crippen molar-refractivity contribution in [2.45, 2.75) is 44.6 Å². The molecular weight excluding hydrogens is 234 g/mol. The lowest BCUT2D eigenvalue weighted by Gasteiger charge is -2.19. The van der Waals surface area contributed by atoms with Gasteiger partial charge in [0.15, 0.2) is 0 Å². The molecule has 18 heavy (non-hydrogen) atoms. The molecule has 100 valence electrons. The maximum atomic E-state index is 13.7. The van der Waals surface area contributed by atoms with Crippen LogP contribution in [0.25, 0.3) is 0 Å². The molecule has 0 radical (unpaired) electrons. The highest BCUT2D eigenvalue weighted by atomic mass is 19.1. The Kier molecular flexibility index (Phi) is 4.66. The Morgan fingerprint density at radius 2 is 1.83 bits per heavy atom. The molecule has 1 aliphatic rings.